The molecule has 9 heteroatoms. The molecule has 192 valence electrons. The lowest BCUT2D eigenvalue weighted by Crippen LogP contribution is -2.20. The van der Waals surface area contributed by atoms with E-state index in [1.54, 1.807) is 42.3 Å². The maximum Gasteiger partial charge on any atom is 0.336 e. The zero-order valence-electron chi connectivity index (χ0n) is 21.0. The minimum atomic E-state index is -0.344. The Morgan fingerprint density at radius 3 is 2.58 bits per heavy atom. The number of furan rings is 1. The van der Waals surface area contributed by atoms with E-state index in [2.05, 4.69) is 20.7 Å². The molecule has 0 fully saturated rings. The van der Waals surface area contributed by atoms with Gasteiger partial charge in [-0.05, 0) is 66.6 Å². The van der Waals surface area contributed by atoms with Gasteiger partial charge in [0.25, 0.3) is 0 Å². The van der Waals surface area contributed by atoms with Crippen molar-refractivity contribution in [2.24, 2.45) is 0 Å². The molecule has 0 bridgehead atoms. The summed E-state index contributed by atoms with van der Waals surface area (Å²) >= 11 is 0. The van der Waals surface area contributed by atoms with Gasteiger partial charge in [-0.15, -0.1) is 5.10 Å². The van der Waals surface area contributed by atoms with Crippen LogP contribution in [0, 0.1) is 6.92 Å². The second-order valence-electron chi connectivity index (χ2n) is 8.50. The van der Waals surface area contributed by atoms with E-state index in [-0.39, 0.29) is 12.0 Å². The standard InChI is InChI=1S/C29H27N5O4/c1-20-7-3-4-10-25(20)31-28(35)30-22-8-5-9-23(19-22)34-27(26-11-6-17-37-26)32-29(33-34)38-18-16-21-12-14-24(36-2)15-13-21/h3-15,17,19H,16,18H2,1-2H3,(H2,30,31,35). The molecule has 0 aliphatic carbocycles. The van der Waals surface area contributed by atoms with Crippen molar-refractivity contribution in [3.63, 3.8) is 0 Å². The van der Waals surface area contributed by atoms with Gasteiger partial charge in [0, 0.05) is 17.8 Å². The number of aromatic nitrogens is 3. The molecule has 0 aliphatic rings. The zero-order chi connectivity index (χ0) is 26.3. The summed E-state index contributed by atoms with van der Waals surface area (Å²) in [5.74, 6) is 1.83. The van der Waals surface area contributed by atoms with Gasteiger partial charge in [0.2, 0.25) is 5.82 Å². The summed E-state index contributed by atoms with van der Waals surface area (Å²) in [6.07, 6.45) is 2.26. The third-order valence-electron chi connectivity index (χ3n) is 5.85. The number of nitrogens with one attached hydrogen (secondary N) is 2. The van der Waals surface area contributed by atoms with Gasteiger partial charge in [-0.25, -0.2) is 9.48 Å². The quantitative estimate of drug-likeness (QED) is 0.248. The van der Waals surface area contributed by atoms with Gasteiger partial charge in [0.05, 0.1) is 25.7 Å². The fraction of sp³-hybridized carbons (Fsp3) is 0.138. The molecule has 2 N–H and O–H groups in total. The number of hydrogen-bond acceptors (Lipinski definition) is 6. The first-order valence-electron chi connectivity index (χ1n) is 12.1. The summed E-state index contributed by atoms with van der Waals surface area (Å²) in [5, 5.41) is 10.3. The van der Waals surface area contributed by atoms with Gasteiger partial charge in [-0.1, -0.05) is 36.4 Å². The van der Waals surface area contributed by atoms with Crippen LogP contribution in [0.4, 0.5) is 16.2 Å². The molecule has 2 amide bonds. The lowest BCUT2D eigenvalue weighted by Gasteiger charge is -2.11. The monoisotopic (exact) mass is 509 g/mol. The molecule has 3 aromatic carbocycles. The first kappa shape index (κ1) is 24.6. The van der Waals surface area contributed by atoms with Crippen molar-refractivity contribution in [3.8, 4) is 29.0 Å². The van der Waals surface area contributed by atoms with Crippen molar-refractivity contribution in [2.45, 2.75) is 13.3 Å². The highest BCUT2D eigenvalue weighted by atomic mass is 16.5. The third-order valence-corrected chi connectivity index (χ3v) is 5.85. The second kappa shape index (κ2) is 11.3. The van der Waals surface area contributed by atoms with Crippen molar-refractivity contribution < 1.29 is 18.7 Å². The molecule has 0 saturated heterocycles. The van der Waals surface area contributed by atoms with Crippen LogP contribution in [0.25, 0.3) is 17.3 Å². The molecule has 0 unspecified atom stereocenters. The summed E-state index contributed by atoms with van der Waals surface area (Å²) < 4.78 is 18.3. The normalized spacial score (nSPS) is 10.7. The maximum absolute atomic E-state index is 12.6. The van der Waals surface area contributed by atoms with Crippen LogP contribution in [0.15, 0.2) is 95.6 Å². The number of benzene rings is 3. The minimum Gasteiger partial charge on any atom is -0.497 e. The Morgan fingerprint density at radius 1 is 0.974 bits per heavy atom. The summed E-state index contributed by atoms with van der Waals surface area (Å²) in [6.45, 7) is 2.34. The topological polar surface area (TPSA) is 103 Å². The van der Waals surface area contributed by atoms with Crippen LogP contribution in [-0.4, -0.2) is 34.5 Å². The number of urea groups is 1. The first-order valence-corrected chi connectivity index (χ1v) is 12.1. The number of anilines is 2. The predicted octanol–water partition coefficient (Wildman–Crippen LogP) is 6.11. The Bertz CT molecular complexity index is 1510. The van der Waals surface area contributed by atoms with Crippen molar-refractivity contribution in [2.75, 3.05) is 24.4 Å². The van der Waals surface area contributed by atoms with Crippen molar-refractivity contribution in [1.29, 1.82) is 0 Å². The molecular weight excluding hydrogens is 482 g/mol. The Kier molecular flexibility index (Phi) is 7.35. The summed E-state index contributed by atoms with van der Waals surface area (Å²) in [7, 11) is 1.64. The number of nitrogens with zero attached hydrogens (tertiary/aromatic N) is 3. The number of ether oxygens (including phenoxy) is 2. The van der Waals surface area contributed by atoms with Crippen LogP contribution >= 0.6 is 0 Å². The summed E-state index contributed by atoms with van der Waals surface area (Å²) in [6, 6.07) is 26.2. The zero-order valence-corrected chi connectivity index (χ0v) is 21.0. The number of para-hydroxylation sites is 1. The van der Waals surface area contributed by atoms with Crippen LogP contribution in [0.1, 0.15) is 11.1 Å². The number of hydrogen-bond donors (Lipinski definition) is 2. The van der Waals surface area contributed by atoms with Crippen LogP contribution in [-0.2, 0) is 6.42 Å². The fourth-order valence-corrected chi connectivity index (χ4v) is 3.87. The number of rotatable bonds is 9. The van der Waals surface area contributed by atoms with Crippen molar-refractivity contribution in [1.82, 2.24) is 14.8 Å². The van der Waals surface area contributed by atoms with Crippen LogP contribution in [0.5, 0.6) is 11.8 Å². The van der Waals surface area contributed by atoms with Gasteiger partial charge in [-0.3, -0.25) is 0 Å². The molecule has 0 radical (unpaired) electrons. The van der Waals surface area contributed by atoms with E-state index in [1.165, 1.54) is 0 Å². The van der Waals surface area contributed by atoms with Gasteiger partial charge >= 0.3 is 12.0 Å². The first-order chi connectivity index (χ1) is 18.6. The SMILES string of the molecule is COc1ccc(CCOc2nc(-c3ccco3)n(-c3cccc(NC(=O)Nc4ccccc4C)c3)n2)cc1. The molecule has 5 aromatic rings. The number of carbonyl (C=O) groups excluding carboxylic acids is 1. The molecule has 2 heterocycles. The highest BCUT2D eigenvalue weighted by Gasteiger charge is 2.17. The fourth-order valence-electron chi connectivity index (χ4n) is 3.87. The Balaban J connectivity index is 1.32. The highest BCUT2D eigenvalue weighted by molar-refractivity contribution is 6.00. The predicted molar refractivity (Wildman–Crippen MR) is 145 cm³/mol. The average molecular weight is 510 g/mol. The van der Waals surface area contributed by atoms with Gasteiger partial charge in [0.15, 0.2) is 5.76 Å². The van der Waals surface area contributed by atoms with Crippen LogP contribution < -0.4 is 20.1 Å². The smallest absolute Gasteiger partial charge is 0.336 e. The van der Waals surface area contributed by atoms with E-state index in [9.17, 15) is 4.79 Å². The van der Waals surface area contributed by atoms with Gasteiger partial charge in [-0.2, -0.15) is 4.98 Å². The van der Waals surface area contributed by atoms with E-state index < -0.39 is 0 Å². The number of aryl methyl sites for hydroxylation is 1. The summed E-state index contributed by atoms with van der Waals surface area (Å²) in [4.78, 5) is 17.2. The molecule has 0 aliphatic heterocycles. The summed E-state index contributed by atoms with van der Waals surface area (Å²) in [5.41, 5.74) is 4.11. The molecule has 38 heavy (non-hydrogen) atoms. The number of amides is 2. The van der Waals surface area contributed by atoms with E-state index in [1.807, 2.05) is 67.6 Å². The second-order valence-corrected chi connectivity index (χ2v) is 8.50. The largest absolute Gasteiger partial charge is 0.497 e. The molecule has 0 saturated carbocycles. The number of carbonyl (C=O) groups is 1. The van der Waals surface area contributed by atoms with Crippen molar-refractivity contribution >= 4 is 17.4 Å². The molecule has 0 spiro atoms. The lowest BCUT2D eigenvalue weighted by molar-refractivity contribution is 0.262. The number of methoxy groups -OCH3 is 1. The third kappa shape index (κ3) is 5.84. The maximum atomic E-state index is 12.6. The Hall–Kier alpha value is -5.05. The van der Waals surface area contributed by atoms with Crippen molar-refractivity contribution in [3.05, 3.63) is 102 Å². The van der Waals surface area contributed by atoms with Crippen LogP contribution in [0.3, 0.4) is 0 Å². The van der Waals surface area contributed by atoms with E-state index >= 15 is 0 Å². The molecular formula is C29H27N5O4. The highest BCUT2D eigenvalue weighted by Crippen LogP contribution is 2.26. The van der Waals surface area contributed by atoms with E-state index in [4.69, 9.17) is 13.9 Å². The molecule has 0 atom stereocenters. The van der Waals surface area contributed by atoms with Crippen LogP contribution in [0.2, 0.25) is 0 Å². The Labute approximate surface area is 220 Å². The molecule has 2 aromatic heterocycles. The van der Waals surface area contributed by atoms with E-state index in [0.717, 1.165) is 22.6 Å². The lowest BCUT2D eigenvalue weighted by atomic mass is 10.1. The van der Waals surface area contributed by atoms with Gasteiger partial charge in [0.1, 0.15) is 5.75 Å². The minimum absolute atomic E-state index is 0.223. The molecule has 9 nitrogen and oxygen atoms in total. The average Bonchev–Trinajstić information content (AvgIpc) is 3.61. The Morgan fingerprint density at radius 2 is 1.82 bits per heavy atom. The molecule has 5 rings (SSSR count). The van der Waals surface area contributed by atoms with E-state index in [0.29, 0.717) is 36.0 Å². The van der Waals surface area contributed by atoms with Gasteiger partial charge < -0.3 is 24.5 Å².